The maximum Gasteiger partial charge on any atom is 0.255 e. The van der Waals surface area contributed by atoms with Gasteiger partial charge < -0.3 is 14.8 Å². The minimum Gasteiger partial charge on any atom is -0.497 e. The van der Waals surface area contributed by atoms with Crippen molar-refractivity contribution in [3.63, 3.8) is 0 Å². The molecular weight excluding hydrogens is 414 g/mol. The first-order chi connectivity index (χ1) is 16.2. The summed E-state index contributed by atoms with van der Waals surface area (Å²) >= 11 is 0. The van der Waals surface area contributed by atoms with Gasteiger partial charge in [-0.3, -0.25) is 14.7 Å². The minimum absolute atomic E-state index is 0.143. The largest absolute Gasteiger partial charge is 0.497 e. The molecule has 1 fully saturated rings. The van der Waals surface area contributed by atoms with E-state index in [1.165, 1.54) is 5.56 Å². The Bertz CT molecular complexity index is 1040. The van der Waals surface area contributed by atoms with Crippen LogP contribution >= 0.6 is 0 Å². The Morgan fingerprint density at radius 1 is 1.06 bits per heavy atom. The van der Waals surface area contributed by atoms with Gasteiger partial charge in [-0.05, 0) is 67.3 Å². The summed E-state index contributed by atoms with van der Waals surface area (Å²) in [6, 6.07) is 21.2. The number of para-hydroxylation sites is 1. The van der Waals surface area contributed by atoms with Gasteiger partial charge >= 0.3 is 0 Å². The van der Waals surface area contributed by atoms with Crippen molar-refractivity contribution in [3.05, 3.63) is 89.7 Å². The van der Waals surface area contributed by atoms with Crippen molar-refractivity contribution in [2.24, 2.45) is 5.92 Å². The zero-order valence-corrected chi connectivity index (χ0v) is 19.2. The molecule has 3 aromatic rings. The molecule has 1 aliphatic heterocycles. The van der Waals surface area contributed by atoms with Gasteiger partial charge in [0.2, 0.25) is 0 Å². The number of piperidine rings is 1. The maximum atomic E-state index is 13.2. The second kappa shape index (κ2) is 11.0. The fraction of sp³-hybridized carbons (Fsp3) is 0.333. The van der Waals surface area contributed by atoms with E-state index in [0.717, 1.165) is 43.9 Å². The van der Waals surface area contributed by atoms with Crippen LogP contribution in [0.25, 0.3) is 0 Å². The quantitative estimate of drug-likeness (QED) is 0.554. The van der Waals surface area contributed by atoms with Gasteiger partial charge in [-0.15, -0.1) is 0 Å². The molecule has 6 nitrogen and oxygen atoms in total. The average molecular weight is 446 g/mol. The van der Waals surface area contributed by atoms with Crippen molar-refractivity contribution in [2.75, 3.05) is 27.3 Å². The van der Waals surface area contributed by atoms with Crippen LogP contribution in [-0.4, -0.2) is 43.1 Å². The highest BCUT2D eigenvalue weighted by atomic mass is 16.5. The van der Waals surface area contributed by atoms with Crippen LogP contribution in [0.1, 0.15) is 40.5 Å². The Morgan fingerprint density at radius 3 is 2.58 bits per heavy atom. The Balaban J connectivity index is 1.52. The van der Waals surface area contributed by atoms with Crippen LogP contribution in [0.4, 0.5) is 0 Å². The lowest BCUT2D eigenvalue weighted by atomic mass is 9.88. The summed E-state index contributed by atoms with van der Waals surface area (Å²) in [5.74, 6) is 1.55. The monoisotopic (exact) mass is 445 g/mol. The van der Waals surface area contributed by atoms with E-state index in [-0.39, 0.29) is 17.9 Å². The molecule has 0 aliphatic carbocycles. The molecule has 1 aliphatic rings. The SMILES string of the molecule is COc1ccc(CN2CCCC(C(NC(=O)c3ccccc3OC)c3ccccn3)C2)cc1. The minimum atomic E-state index is -0.178. The number of rotatable bonds is 8. The van der Waals surface area contributed by atoms with Gasteiger partial charge in [-0.1, -0.05) is 30.3 Å². The molecule has 172 valence electrons. The number of carbonyl (C=O) groups is 1. The first-order valence-electron chi connectivity index (χ1n) is 11.4. The van der Waals surface area contributed by atoms with Crippen molar-refractivity contribution in [1.82, 2.24) is 15.2 Å². The molecule has 1 aromatic heterocycles. The number of ether oxygens (including phenoxy) is 2. The Hall–Kier alpha value is -3.38. The van der Waals surface area contributed by atoms with E-state index < -0.39 is 0 Å². The highest BCUT2D eigenvalue weighted by Gasteiger charge is 2.31. The number of nitrogens with one attached hydrogen (secondary N) is 1. The molecule has 0 saturated carbocycles. The van der Waals surface area contributed by atoms with Crippen molar-refractivity contribution in [1.29, 1.82) is 0 Å². The number of hydrogen-bond acceptors (Lipinski definition) is 5. The second-order valence-electron chi connectivity index (χ2n) is 8.39. The summed E-state index contributed by atoms with van der Waals surface area (Å²) in [5.41, 5.74) is 2.67. The van der Waals surface area contributed by atoms with E-state index in [1.807, 2.05) is 48.5 Å². The Morgan fingerprint density at radius 2 is 1.85 bits per heavy atom. The van der Waals surface area contributed by atoms with Crippen molar-refractivity contribution < 1.29 is 14.3 Å². The second-order valence-corrected chi connectivity index (χ2v) is 8.39. The maximum absolute atomic E-state index is 13.2. The van der Waals surface area contributed by atoms with Gasteiger partial charge in [0.1, 0.15) is 11.5 Å². The predicted molar refractivity (Wildman–Crippen MR) is 128 cm³/mol. The molecule has 2 atom stereocenters. The molecule has 0 bridgehead atoms. The number of benzene rings is 2. The van der Waals surface area contributed by atoms with E-state index in [0.29, 0.717) is 11.3 Å². The number of amides is 1. The zero-order valence-electron chi connectivity index (χ0n) is 19.2. The predicted octanol–water partition coefficient (Wildman–Crippen LogP) is 4.48. The van der Waals surface area contributed by atoms with Crippen LogP contribution < -0.4 is 14.8 Å². The first kappa shape index (κ1) is 22.8. The molecule has 0 spiro atoms. The van der Waals surface area contributed by atoms with Crippen LogP contribution in [0.5, 0.6) is 11.5 Å². The molecule has 2 aromatic carbocycles. The third kappa shape index (κ3) is 5.71. The number of pyridine rings is 1. The topological polar surface area (TPSA) is 63.7 Å². The van der Waals surface area contributed by atoms with Gasteiger partial charge in [-0.2, -0.15) is 0 Å². The lowest BCUT2D eigenvalue weighted by molar-refractivity contribution is 0.0872. The lowest BCUT2D eigenvalue weighted by Crippen LogP contribution is -2.43. The summed E-state index contributed by atoms with van der Waals surface area (Å²) in [4.78, 5) is 20.3. The van der Waals surface area contributed by atoms with Gasteiger partial charge in [-0.25, -0.2) is 0 Å². The Kier molecular flexibility index (Phi) is 7.58. The van der Waals surface area contributed by atoms with E-state index in [9.17, 15) is 4.79 Å². The standard InChI is InChI=1S/C27H31N3O3/c1-32-22-14-12-20(13-15-22)18-30-17-7-8-21(19-30)26(24-10-5-6-16-28-24)29-27(31)23-9-3-4-11-25(23)33-2/h3-6,9-16,21,26H,7-8,17-19H2,1-2H3,(H,29,31). The third-order valence-electron chi connectivity index (χ3n) is 6.22. The number of carbonyl (C=O) groups excluding carboxylic acids is 1. The lowest BCUT2D eigenvalue weighted by Gasteiger charge is -2.37. The normalized spacial score (nSPS) is 17.2. The van der Waals surface area contributed by atoms with Crippen molar-refractivity contribution >= 4 is 5.91 Å². The summed E-state index contributed by atoms with van der Waals surface area (Å²) in [6.45, 7) is 2.80. The molecular formula is C27H31N3O3. The highest BCUT2D eigenvalue weighted by molar-refractivity contribution is 5.97. The summed E-state index contributed by atoms with van der Waals surface area (Å²) < 4.78 is 10.7. The first-order valence-corrected chi connectivity index (χ1v) is 11.4. The molecule has 2 unspecified atom stereocenters. The van der Waals surface area contributed by atoms with Gasteiger partial charge in [0.05, 0.1) is 31.5 Å². The Labute approximate surface area is 195 Å². The van der Waals surface area contributed by atoms with Crippen LogP contribution in [-0.2, 0) is 6.54 Å². The average Bonchev–Trinajstić information content (AvgIpc) is 2.88. The van der Waals surface area contributed by atoms with Gasteiger partial charge in [0, 0.05) is 19.3 Å². The molecule has 2 heterocycles. The zero-order chi connectivity index (χ0) is 23.0. The molecule has 4 rings (SSSR count). The van der Waals surface area contributed by atoms with Gasteiger partial charge in [0.25, 0.3) is 5.91 Å². The highest BCUT2D eigenvalue weighted by Crippen LogP contribution is 2.31. The fourth-order valence-corrected chi connectivity index (χ4v) is 4.54. The van der Waals surface area contributed by atoms with Crippen LogP contribution in [0.3, 0.4) is 0 Å². The van der Waals surface area contributed by atoms with Gasteiger partial charge in [0.15, 0.2) is 0 Å². The third-order valence-corrected chi connectivity index (χ3v) is 6.22. The molecule has 0 radical (unpaired) electrons. The fourth-order valence-electron chi connectivity index (χ4n) is 4.54. The van der Waals surface area contributed by atoms with E-state index in [4.69, 9.17) is 9.47 Å². The molecule has 1 saturated heterocycles. The number of methoxy groups -OCH3 is 2. The van der Waals surface area contributed by atoms with Crippen molar-refractivity contribution in [2.45, 2.75) is 25.4 Å². The summed E-state index contributed by atoms with van der Waals surface area (Å²) in [5, 5.41) is 3.27. The molecule has 6 heteroatoms. The van der Waals surface area contributed by atoms with Crippen LogP contribution in [0.15, 0.2) is 72.9 Å². The summed E-state index contributed by atoms with van der Waals surface area (Å²) in [6.07, 6.45) is 3.90. The molecule has 1 amide bonds. The smallest absolute Gasteiger partial charge is 0.255 e. The number of nitrogens with zero attached hydrogens (tertiary/aromatic N) is 2. The number of hydrogen-bond donors (Lipinski definition) is 1. The van der Waals surface area contributed by atoms with E-state index >= 15 is 0 Å². The summed E-state index contributed by atoms with van der Waals surface area (Å²) in [7, 11) is 3.27. The number of likely N-dealkylation sites (tertiary alicyclic amines) is 1. The molecule has 33 heavy (non-hydrogen) atoms. The van der Waals surface area contributed by atoms with Crippen LogP contribution in [0.2, 0.25) is 0 Å². The van der Waals surface area contributed by atoms with Crippen molar-refractivity contribution in [3.8, 4) is 11.5 Å². The van der Waals surface area contributed by atoms with E-state index in [1.54, 1.807) is 26.5 Å². The van der Waals surface area contributed by atoms with E-state index in [2.05, 4.69) is 27.3 Å². The molecule has 1 N–H and O–H groups in total. The number of aromatic nitrogens is 1. The van der Waals surface area contributed by atoms with Crippen LogP contribution in [0, 0.1) is 5.92 Å².